The average molecular weight is 263 g/mol. The van der Waals surface area contributed by atoms with E-state index in [-0.39, 0.29) is 6.04 Å². The standard InChI is InChI=1S/C15H25N3O/c1-15(2)8-6-11(7-9-15)13(18-16)14-12(19-3)5-4-10-17-14/h4-5,10-11,13,18H,6-9,16H2,1-3H3. The molecule has 106 valence electrons. The lowest BCUT2D eigenvalue weighted by molar-refractivity contribution is 0.159. The SMILES string of the molecule is COc1cccnc1C(NN)C1CCC(C)(C)CC1. The van der Waals surface area contributed by atoms with Crippen molar-refractivity contribution in [2.75, 3.05) is 7.11 Å². The summed E-state index contributed by atoms with van der Waals surface area (Å²) in [6, 6.07) is 3.91. The molecule has 2 rings (SSSR count). The lowest BCUT2D eigenvalue weighted by atomic mass is 9.70. The monoisotopic (exact) mass is 263 g/mol. The Morgan fingerprint density at radius 1 is 1.42 bits per heavy atom. The zero-order valence-corrected chi connectivity index (χ0v) is 12.1. The van der Waals surface area contributed by atoms with E-state index >= 15 is 0 Å². The molecular weight excluding hydrogens is 238 g/mol. The topological polar surface area (TPSA) is 60.2 Å². The van der Waals surface area contributed by atoms with E-state index in [1.54, 1.807) is 13.3 Å². The molecule has 0 amide bonds. The van der Waals surface area contributed by atoms with E-state index in [0.29, 0.717) is 11.3 Å². The first-order valence-corrected chi connectivity index (χ1v) is 7.02. The number of nitrogens with two attached hydrogens (primary N) is 1. The first kappa shape index (κ1) is 14.3. The van der Waals surface area contributed by atoms with E-state index < -0.39 is 0 Å². The highest BCUT2D eigenvalue weighted by Gasteiger charge is 2.33. The van der Waals surface area contributed by atoms with Gasteiger partial charge in [0.15, 0.2) is 0 Å². The Balaban J connectivity index is 2.16. The summed E-state index contributed by atoms with van der Waals surface area (Å²) in [7, 11) is 1.68. The van der Waals surface area contributed by atoms with Crippen molar-refractivity contribution < 1.29 is 4.74 Å². The number of hydrazine groups is 1. The van der Waals surface area contributed by atoms with Crippen molar-refractivity contribution in [2.24, 2.45) is 17.2 Å². The van der Waals surface area contributed by atoms with Crippen LogP contribution in [0, 0.1) is 11.3 Å². The molecule has 1 fully saturated rings. The lowest BCUT2D eigenvalue weighted by Crippen LogP contribution is -2.37. The molecule has 1 unspecified atom stereocenters. The molecule has 3 N–H and O–H groups in total. The minimum Gasteiger partial charge on any atom is -0.495 e. The minimum absolute atomic E-state index is 0.0762. The molecule has 1 aromatic rings. The number of hydrogen-bond acceptors (Lipinski definition) is 4. The number of rotatable bonds is 4. The number of hydrogen-bond donors (Lipinski definition) is 2. The van der Waals surface area contributed by atoms with Crippen LogP contribution < -0.4 is 16.0 Å². The number of ether oxygens (including phenoxy) is 1. The van der Waals surface area contributed by atoms with Gasteiger partial charge in [-0.1, -0.05) is 13.8 Å². The lowest BCUT2D eigenvalue weighted by Gasteiger charge is -2.37. The quantitative estimate of drug-likeness (QED) is 0.648. The van der Waals surface area contributed by atoms with Crippen molar-refractivity contribution >= 4 is 0 Å². The summed E-state index contributed by atoms with van der Waals surface area (Å²) >= 11 is 0. The molecule has 0 radical (unpaired) electrons. The Morgan fingerprint density at radius 2 is 2.11 bits per heavy atom. The van der Waals surface area contributed by atoms with Gasteiger partial charge in [0.25, 0.3) is 0 Å². The number of nitrogens with one attached hydrogen (secondary N) is 1. The van der Waals surface area contributed by atoms with Gasteiger partial charge in [0.1, 0.15) is 11.4 Å². The smallest absolute Gasteiger partial charge is 0.142 e. The third-order valence-corrected chi connectivity index (χ3v) is 4.35. The van der Waals surface area contributed by atoms with Gasteiger partial charge in [-0.3, -0.25) is 16.3 Å². The number of nitrogens with zero attached hydrogens (tertiary/aromatic N) is 1. The minimum atomic E-state index is 0.0762. The van der Waals surface area contributed by atoms with E-state index in [9.17, 15) is 0 Å². The summed E-state index contributed by atoms with van der Waals surface area (Å²) < 4.78 is 5.40. The van der Waals surface area contributed by atoms with Crippen LogP contribution in [-0.2, 0) is 0 Å². The van der Waals surface area contributed by atoms with Gasteiger partial charge in [0, 0.05) is 6.20 Å². The molecule has 0 aliphatic heterocycles. The van der Waals surface area contributed by atoms with Gasteiger partial charge in [-0.15, -0.1) is 0 Å². The predicted octanol–water partition coefficient (Wildman–Crippen LogP) is 2.81. The normalized spacial score (nSPS) is 21.1. The zero-order chi connectivity index (χ0) is 13.9. The Bertz CT molecular complexity index is 410. The summed E-state index contributed by atoms with van der Waals surface area (Å²) in [5, 5.41) is 0. The summed E-state index contributed by atoms with van der Waals surface area (Å²) in [5.41, 5.74) is 4.34. The van der Waals surface area contributed by atoms with Gasteiger partial charge in [-0.05, 0) is 49.1 Å². The highest BCUT2D eigenvalue weighted by atomic mass is 16.5. The first-order chi connectivity index (χ1) is 9.07. The second-order valence-corrected chi connectivity index (χ2v) is 6.24. The highest BCUT2D eigenvalue weighted by molar-refractivity contribution is 5.30. The molecule has 1 saturated carbocycles. The van der Waals surface area contributed by atoms with Gasteiger partial charge in [-0.25, -0.2) is 0 Å². The van der Waals surface area contributed by atoms with Crippen LogP contribution in [0.3, 0.4) is 0 Å². The van der Waals surface area contributed by atoms with Crippen LogP contribution in [-0.4, -0.2) is 12.1 Å². The van der Waals surface area contributed by atoms with Crippen LogP contribution in [0.15, 0.2) is 18.3 Å². The summed E-state index contributed by atoms with van der Waals surface area (Å²) in [4.78, 5) is 4.46. The first-order valence-electron chi connectivity index (χ1n) is 7.02. The van der Waals surface area contributed by atoms with Crippen LogP contribution in [0.5, 0.6) is 5.75 Å². The van der Waals surface area contributed by atoms with Crippen molar-refractivity contribution in [3.63, 3.8) is 0 Å². The largest absolute Gasteiger partial charge is 0.495 e. The molecule has 0 aromatic carbocycles. The van der Waals surface area contributed by atoms with Crippen LogP contribution in [0.4, 0.5) is 0 Å². The fourth-order valence-corrected chi connectivity index (χ4v) is 3.00. The summed E-state index contributed by atoms with van der Waals surface area (Å²) in [6.07, 6.45) is 6.65. The van der Waals surface area contributed by atoms with Gasteiger partial charge in [0.05, 0.1) is 13.2 Å². The fraction of sp³-hybridized carbons (Fsp3) is 0.667. The van der Waals surface area contributed by atoms with Crippen LogP contribution in [0.1, 0.15) is 51.3 Å². The Hall–Kier alpha value is -1.13. The second kappa shape index (κ2) is 5.88. The molecule has 0 bridgehead atoms. The molecule has 1 atom stereocenters. The maximum atomic E-state index is 5.78. The third kappa shape index (κ3) is 3.25. The van der Waals surface area contributed by atoms with E-state index in [1.165, 1.54) is 25.7 Å². The van der Waals surface area contributed by atoms with Crippen molar-refractivity contribution in [1.82, 2.24) is 10.4 Å². The third-order valence-electron chi connectivity index (χ3n) is 4.35. The fourth-order valence-electron chi connectivity index (χ4n) is 3.00. The second-order valence-electron chi connectivity index (χ2n) is 6.24. The van der Waals surface area contributed by atoms with Gasteiger partial charge in [0.2, 0.25) is 0 Å². The molecule has 1 aliphatic carbocycles. The van der Waals surface area contributed by atoms with E-state index in [2.05, 4.69) is 24.3 Å². The van der Waals surface area contributed by atoms with Gasteiger partial charge >= 0.3 is 0 Å². The number of methoxy groups -OCH3 is 1. The summed E-state index contributed by atoms with van der Waals surface area (Å²) in [6.45, 7) is 4.69. The maximum absolute atomic E-state index is 5.78. The molecule has 4 heteroatoms. The van der Waals surface area contributed by atoms with Crippen LogP contribution in [0.25, 0.3) is 0 Å². The van der Waals surface area contributed by atoms with E-state index in [1.807, 2.05) is 12.1 Å². The average Bonchev–Trinajstić information content (AvgIpc) is 2.42. The Kier molecular flexibility index (Phi) is 4.42. The molecule has 1 aromatic heterocycles. The molecule has 0 spiro atoms. The maximum Gasteiger partial charge on any atom is 0.142 e. The molecule has 19 heavy (non-hydrogen) atoms. The zero-order valence-electron chi connectivity index (χ0n) is 12.1. The molecule has 4 nitrogen and oxygen atoms in total. The molecule has 0 saturated heterocycles. The Labute approximate surface area is 115 Å². The highest BCUT2D eigenvalue weighted by Crippen LogP contribution is 2.43. The number of aromatic nitrogens is 1. The Morgan fingerprint density at radius 3 is 2.68 bits per heavy atom. The van der Waals surface area contributed by atoms with Gasteiger partial charge < -0.3 is 4.74 Å². The van der Waals surface area contributed by atoms with Crippen LogP contribution in [0.2, 0.25) is 0 Å². The van der Waals surface area contributed by atoms with E-state index in [4.69, 9.17) is 10.6 Å². The van der Waals surface area contributed by atoms with Gasteiger partial charge in [-0.2, -0.15) is 0 Å². The van der Waals surface area contributed by atoms with Crippen molar-refractivity contribution in [2.45, 2.75) is 45.6 Å². The molecule has 1 heterocycles. The molecular formula is C15H25N3O. The van der Waals surface area contributed by atoms with Crippen molar-refractivity contribution in [3.05, 3.63) is 24.0 Å². The van der Waals surface area contributed by atoms with Crippen LogP contribution >= 0.6 is 0 Å². The molecule has 1 aliphatic rings. The predicted molar refractivity (Wildman–Crippen MR) is 76.6 cm³/mol. The van der Waals surface area contributed by atoms with Crippen molar-refractivity contribution in [3.8, 4) is 5.75 Å². The summed E-state index contributed by atoms with van der Waals surface area (Å²) in [5.74, 6) is 7.13. The van der Waals surface area contributed by atoms with Crippen molar-refractivity contribution in [1.29, 1.82) is 0 Å². The number of pyridine rings is 1. The van der Waals surface area contributed by atoms with E-state index in [0.717, 1.165) is 11.4 Å².